The first-order valence-corrected chi connectivity index (χ1v) is 5.22. The molecule has 3 aromatic rings. The van der Waals surface area contributed by atoms with Crippen molar-refractivity contribution >= 4 is 16.6 Å². The third-order valence-corrected chi connectivity index (χ3v) is 2.64. The maximum Gasteiger partial charge on any atom is 0.125 e. The number of H-pyrrole nitrogens is 1. The highest BCUT2D eigenvalue weighted by Gasteiger charge is 2.05. The first kappa shape index (κ1) is 9.84. The van der Waals surface area contributed by atoms with Crippen molar-refractivity contribution in [1.29, 1.82) is 0 Å². The molecule has 0 spiro atoms. The number of rotatable bonds is 1. The third kappa shape index (κ3) is 1.73. The van der Waals surface area contributed by atoms with Crippen LogP contribution in [0.2, 0.25) is 0 Å². The topological polar surface area (TPSA) is 54.7 Å². The van der Waals surface area contributed by atoms with Crippen LogP contribution < -0.4 is 5.73 Å². The average Bonchev–Trinajstić information content (AvgIpc) is 2.72. The summed E-state index contributed by atoms with van der Waals surface area (Å²) in [5.74, 6) is -0.258. The average molecular weight is 227 g/mol. The molecule has 84 valence electrons. The molecule has 0 aliphatic heterocycles. The van der Waals surface area contributed by atoms with Crippen LogP contribution in [0.15, 0.2) is 42.6 Å². The number of aromatic amines is 1. The molecule has 0 amide bonds. The van der Waals surface area contributed by atoms with E-state index in [-0.39, 0.29) is 5.82 Å². The number of nitrogens with zero attached hydrogens (tertiary/aromatic N) is 1. The molecule has 0 bridgehead atoms. The number of nitrogens with one attached hydrogen (secondary N) is 1. The molecular formula is C13H10FN3. The van der Waals surface area contributed by atoms with Gasteiger partial charge in [0.1, 0.15) is 5.82 Å². The summed E-state index contributed by atoms with van der Waals surface area (Å²) in [7, 11) is 0. The molecule has 0 fully saturated rings. The first-order valence-electron chi connectivity index (χ1n) is 5.22. The van der Waals surface area contributed by atoms with Gasteiger partial charge in [-0.1, -0.05) is 0 Å². The molecule has 2 heterocycles. The van der Waals surface area contributed by atoms with Crippen LogP contribution in [-0.2, 0) is 0 Å². The van der Waals surface area contributed by atoms with Crippen molar-refractivity contribution in [2.75, 3.05) is 5.73 Å². The van der Waals surface area contributed by atoms with E-state index in [0.717, 1.165) is 22.3 Å². The summed E-state index contributed by atoms with van der Waals surface area (Å²) in [5, 5.41) is 0.950. The number of aromatic nitrogens is 2. The maximum atomic E-state index is 13.1. The van der Waals surface area contributed by atoms with Crippen LogP contribution in [0.3, 0.4) is 0 Å². The molecule has 0 saturated heterocycles. The van der Waals surface area contributed by atoms with Crippen LogP contribution >= 0.6 is 0 Å². The van der Waals surface area contributed by atoms with E-state index in [1.807, 2.05) is 6.07 Å². The lowest BCUT2D eigenvalue weighted by Crippen LogP contribution is -1.88. The Morgan fingerprint density at radius 1 is 1.12 bits per heavy atom. The molecule has 4 heteroatoms. The van der Waals surface area contributed by atoms with Crippen molar-refractivity contribution in [2.45, 2.75) is 0 Å². The van der Waals surface area contributed by atoms with Crippen LogP contribution in [0, 0.1) is 5.82 Å². The maximum absolute atomic E-state index is 13.1. The highest BCUT2D eigenvalue weighted by molar-refractivity contribution is 5.85. The second kappa shape index (κ2) is 3.59. The van der Waals surface area contributed by atoms with Crippen molar-refractivity contribution in [2.24, 2.45) is 0 Å². The van der Waals surface area contributed by atoms with Gasteiger partial charge in [0, 0.05) is 22.8 Å². The molecule has 0 aliphatic rings. The lowest BCUT2D eigenvalue weighted by Gasteiger charge is -1.97. The Bertz CT molecular complexity index is 688. The van der Waals surface area contributed by atoms with E-state index in [9.17, 15) is 4.39 Å². The second-order valence-corrected chi connectivity index (χ2v) is 3.89. The number of hydrogen-bond donors (Lipinski definition) is 2. The van der Waals surface area contributed by atoms with Gasteiger partial charge in [-0.2, -0.15) is 0 Å². The zero-order valence-corrected chi connectivity index (χ0v) is 8.94. The minimum Gasteiger partial charge on any atom is -0.399 e. The molecule has 3 rings (SSSR count). The molecular weight excluding hydrogens is 217 g/mol. The molecule has 3 N–H and O–H groups in total. The van der Waals surface area contributed by atoms with Crippen LogP contribution in [0.25, 0.3) is 22.3 Å². The Balaban J connectivity index is 2.18. The van der Waals surface area contributed by atoms with Crippen LogP contribution in [0.5, 0.6) is 0 Å². The van der Waals surface area contributed by atoms with Gasteiger partial charge in [0.2, 0.25) is 0 Å². The predicted molar refractivity (Wildman–Crippen MR) is 65.9 cm³/mol. The van der Waals surface area contributed by atoms with Gasteiger partial charge in [-0.05, 0) is 36.4 Å². The molecule has 0 aliphatic carbocycles. The smallest absolute Gasteiger partial charge is 0.125 e. The van der Waals surface area contributed by atoms with Crippen molar-refractivity contribution < 1.29 is 4.39 Å². The number of pyridine rings is 1. The number of fused-ring (bicyclic) bond motifs is 1. The van der Waals surface area contributed by atoms with Crippen molar-refractivity contribution in [3.8, 4) is 11.4 Å². The van der Waals surface area contributed by atoms with Gasteiger partial charge in [-0.3, -0.25) is 4.98 Å². The zero-order chi connectivity index (χ0) is 11.8. The Morgan fingerprint density at radius 3 is 2.82 bits per heavy atom. The number of hydrogen-bond acceptors (Lipinski definition) is 2. The van der Waals surface area contributed by atoms with Gasteiger partial charge in [-0.15, -0.1) is 0 Å². The molecule has 0 radical (unpaired) electrons. The fraction of sp³-hybridized carbons (Fsp3) is 0. The van der Waals surface area contributed by atoms with E-state index in [1.54, 1.807) is 24.4 Å². The molecule has 0 unspecified atom stereocenters. The van der Waals surface area contributed by atoms with Gasteiger partial charge in [0.25, 0.3) is 0 Å². The standard InChI is InChI=1S/C13H10FN3/c14-9-2-1-8-5-13(17-11(8)6-9)12-7-10(15)3-4-16-12/h1-7,17H,(H2,15,16). The summed E-state index contributed by atoms with van der Waals surface area (Å²) in [6, 6.07) is 10.1. The summed E-state index contributed by atoms with van der Waals surface area (Å²) in [6.45, 7) is 0. The SMILES string of the molecule is Nc1ccnc(-c2cc3ccc(F)cc3[nH]2)c1. The van der Waals surface area contributed by atoms with E-state index in [2.05, 4.69) is 9.97 Å². The number of nitrogens with two attached hydrogens (primary N) is 1. The number of anilines is 1. The minimum absolute atomic E-state index is 0.258. The second-order valence-electron chi connectivity index (χ2n) is 3.89. The Hall–Kier alpha value is -2.36. The highest BCUT2D eigenvalue weighted by Crippen LogP contribution is 2.24. The van der Waals surface area contributed by atoms with Gasteiger partial charge < -0.3 is 10.7 Å². The van der Waals surface area contributed by atoms with E-state index < -0.39 is 0 Å². The molecule has 3 nitrogen and oxygen atoms in total. The zero-order valence-electron chi connectivity index (χ0n) is 8.94. The summed E-state index contributed by atoms with van der Waals surface area (Å²) < 4.78 is 13.1. The number of benzene rings is 1. The number of halogens is 1. The highest BCUT2D eigenvalue weighted by atomic mass is 19.1. The van der Waals surface area contributed by atoms with Crippen LogP contribution in [0.1, 0.15) is 0 Å². The summed E-state index contributed by atoms with van der Waals surface area (Å²) in [4.78, 5) is 7.34. The first-order chi connectivity index (χ1) is 8.22. The lowest BCUT2D eigenvalue weighted by atomic mass is 10.2. The largest absolute Gasteiger partial charge is 0.399 e. The van der Waals surface area contributed by atoms with Crippen molar-refractivity contribution in [3.05, 3.63) is 48.4 Å². The summed E-state index contributed by atoms with van der Waals surface area (Å²) in [5.41, 5.74) is 8.69. The number of nitrogen functional groups attached to an aromatic ring is 1. The Kier molecular flexibility index (Phi) is 2.08. The Morgan fingerprint density at radius 2 is 2.00 bits per heavy atom. The fourth-order valence-electron chi connectivity index (χ4n) is 1.83. The minimum atomic E-state index is -0.258. The quantitative estimate of drug-likeness (QED) is 0.671. The van der Waals surface area contributed by atoms with Crippen LogP contribution in [0.4, 0.5) is 10.1 Å². The van der Waals surface area contributed by atoms with Gasteiger partial charge in [0.15, 0.2) is 0 Å². The van der Waals surface area contributed by atoms with Crippen molar-refractivity contribution in [1.82, 2.24) is 9.97 Å². The molecule has 0 atom stereocenters. The molecule has 17 heavy (non-hydrogen) atoms. The fourth-order valence-corrected chi connectivity index (χ4v) is 1.83. The summed E-state index contributed by atoms with van der Waals surface area (Å²) >= 11 is 0. The molecule has 1 aromatic carbocycles. The Labute approximate surface area is 97.1 Å². The molecule has 2 aromatic heterocycles. The van der Waals surface area contributed by atoms with Crippen LogP contribution in [-0.4, -0.2) is 9.97 Å². The summed E-state index contributed by atoms with van der Waals surface area (Å²) in [6.07, 6.45) is 1.65. The molecule has 0 saturated carbocycles. The van der Waals surface area contributed by atoms with Crippen molar-refractivity contribution in [3.63, 3.8) is 0 Å². The third-order valence-electron chi connectivity index (χ3n) is 2.64. The van der Waals surface area contributed by atoms with E-state index >= 15 is 0 Å². The van der Waals surface area contributed by atoms with E-state index in [0.29, 0.717) is 5.69 Å². The normalized spacial score (nSPS) is 10.9. The predicted octanol–water partition coefficient (Wildman–Crippen LogP) is 2.95. The van der Waals surface area contributed by atoms with Gasteiger partial charge in [0.05, 0.1) is 11.4 Å². The monoisotopic (exact) mass is 227 g/mol. The lowest BCUT2D eigenvalue weighted by molar-refractivity contribution is 0.629. The van der Waals surface area contributed by atoms with Gasteiger partial charge >= 0.3 is 0 Å². The van der Waals surface area contributed by atoms with E-state index in [1.165, 1.54) is 12.1 Å². The van der Waals surface area contributed by atoms with Gasteiger partial charge in [-0.25, -0.2) is 4.39 Å². The van der Waals surface area contributed by atoms with E-state index in [4.69, 9.17) is 5.73 Å².